The van der Waals surface area contributed by atoms with Gasteiger partial charge in [-0.2, -0.15) is 0 Å². The van der Waals surface area contributed by atoms with Crippen molar-refractivity contribution in [1.82, 2.24) is 9.88 Å². The van der Waals surface area contributed by atoms with Gasteiger partial charge in [0.15, 0.2) is 0 Å². The molecule has 2 aromatic rings. The Morgan fingerprint density at radius 2 is 1.84 bits per heavy atom. The molecule has 2 heterocycles. The number of hydrogen-bond donors (Lipinski definition) is 1. The molecule has 1 aromatic heterocycles. The summed E-state index contributed by atoms with van der Waals surface area (Å²) >= 11 is 0. The second-order valence-corrected chi connectivity index (χ2v) is 7.92. The van der Waals surface area contributed by atoms with E-state index in [1.807, 2.05) is 19.9 Å². The number of Topliss-reactive ketones (excluding diaryl/α,β-unsaturated/α-hetero) is 1. The first-order chi connectivity index (χ1) is 15.6. The van der Waals surface area contributed by atoms with Crippen LogP contribution in [0, 0.1) is 0 Å². The molecule has 1 aliphatic carbocycles. The summed E-state index contributed by atoms with van der Waals surface area (Å²) in [6, 6.07) is 9.66. The van der Waals surface area contributed by atoms with E-state index in [9.17, 15) is 14.7 Å². The van der Waals surface area contributed by atoms with E-state index >= 15 is 0 Å². The average molecular weight is 437 g/mol. The van der Waals surface area contributed by atoms with E-state index in [-0.39, 0.29) is 17.4 Å². The maximum absolute atomic E-state index is 13.2. The number of likely N-dealkylation sites (tertiary alicyclic amines) is 1. The molecule has 0 radical (unpaired) electrons. The van der Waals surface area contributed by atoms with E-state index in [2.05, 4.69) is 4.98 Å². The van der Waals surface area contributed by atoms with Gasteiger partial charge in [-0.3, -0.25) is 14.6 Å². The predicted octanol–water partition coefficient (Wildman–Crippen LogP) is 4.24. The van der Waals surface area contributed by atoms with Crippen LogP contribution in [-0.4, -0.2) is 45.9 Å². The highest BCUT2D eigenvalue weighted by molar-refractivity contribution is 6.46. The van der Waals surface area contributed by atoms with Crippen molar-refractivity contribution in [2.75, 3.05) is 13.2 Å². The number of nitrogens with zero attached hydrogens (tertiary/aromatic N) is 2. The largest absolute Gasteiger partial charge is 0.507 e. The lowest BCUT2D eigenvalue weighted by atomic mass is 9.97. The number of amides is 1. The van der Waals surface area contributed by atoms with Crippen LogP contribution in [0.15, 0.2) is 48.2 Å². The molecule has 7 nitrogen and oxygen atoms in total. The van der Waals surface area contributed by atoms with Crippen LogP contribution in [0.1, 0.15) is 56.8 Å². The number of pyridine rings is 1. The van der Waals surface area contributed by atoms with Crippen molar-refractivity contribution in [2.45, 2.75) is 51.6 Å². The van der Waals surface area contributed by atoms with Crippen LogP contribution in [-0.2, 0) is 9.59 Å². The van der Waals surface area contributed by atoms with Crippen molar-refractivity contribution in [3.63, 3.8) is 0 Å². The van der Waals surface area contributed by atoms with E-state index in [0.29, 0.717) is 36.0 Å². The summed E-state index contributed by atoms with van der Waals surface area (Å²) in [4.78, 5) is 32.4. The summed E-state index contributed by atoms with van der Waals surface area (Å²) in [5.41, 5.74) is 0.954. The molecule has 1 N–H and O–H groups in total. The van der Waals surface area contributed by atoms with Crippen molar-refractivity contribution in [2.24, 2.45) is 0 Å². The van der Waals surface area contributed by atoms with Gasteiger partial charge in [0.25, 0.3) is 11.7 Å². The first kappa shape index (κ1) is 21.9. The van der Waals surface area contributed by atoms with E-state index in [1.165, 1.54) is 0 Å². The maximum atomic E-state index is 13.2. The number of aromatic nitrogens is 1. The molecule has 168 valence electrons. The number of aliphatic hydroxyl groups is 1. The number of ketones is 1. The molecule has 0 spiro atoms. The van der Waals surface area contributed by atoms with Crippen LogP contribution in [0.4, 0.5) is 0 Å². The molecule has 0 bridgehead atoms. The lowest BCUT2D eigenvalue weighted by molar-refractivity contribution is -0.141. The third kappa shape index (κ3) is 3.95. The van der Waals surface area contributed by atoms with E-state index < -0.39 is 17.7 Å². The smallest absolute Gasteiger partial charge is 0.295 e. The van der Waals surface area contributed by atoms with Crippen molar-refractivity contribution < 1.29 is 24.2 Å². The van der Waals surface area contributed by atoms with E-state index in [4.69, 9.17) is 9.47 Å². The fourth-order valence-corrected chi connectivity index (χ4v) is 4.61. The van der Waals surface area contributed by atoms with Gasteiger partial charge in [-0.05, 0) is 51.0 Å². The van der Waals surface area contributed by atoms with Gasteiger partial charge in [-0.15, -0.1) is 0 Å². The Labute approximate surface area is 187 Å². The molecule has 32 heavy (non-hydrogen) atoms. The molecule has 1 amide bonds. The quantitative estimate of drug-likeness (QED) is 0.397. The second-order valence-electron chi connectivity index (χ2n) is 7.92. The molecular formula is C25H28N2O5. The molecule has 1 unspecified atom stereocenters. The van der Waals surface area contributed by atoms with Crippen LogP contribution in [0.5, 0.6) is 11.5 Å². The van der Waals surface area contributed by atoms with Gasteiger partial charge in [0, 0.05) is 18.3 Å². The lowest BCUT2D eigenvalue weighted by Gasteiger charge is -2.30. The SMILES string of the molecule is CCOc1ccc(/C(O)=C2/C(=O)C(=O)N(C3CCCC3)C2c2ccccn2)c(OCC)c1. The molecule has 1 atom stereocenters. The highest BCUT2D eigenvalue weighted by Gasteiger charge is 2.50. The number of carbonyl (C=O) groups is 2. The van der Waals surface area contributed by atoms with Gasteiger partial charge in [0.05, 0.1) is 30.0 Å². The van der Waals surface area contributed by atoms with Crippen LogP contribution >= 0.6 is 0 Å². The summed E-state index contributed by atoms with van der Waals surface area (Å²) in [6.07, 6.45) is 5.33. The van der Waals surface area contributed by atoms with E-state index in [1.54, 1.807) is 41.4 Å². The van der Waals surface area contributed by atoms with Crippen LogP contribution in [0.3, 0.4) is 0 Å². The molecule has 2 aliphatic rings. The Balaban J connectivity index is 1.87. The number of hydrogen-bond acceptors (Lipinski definition) is 6. The Morgan fingerprint density at radius 3 is 2.50 bits per heavy atom. The third-order valence-electron chi connectivity index (χ3n) is 5.99. The molecule has 1 aromatic carbocycles. The maximum Gasteiger partial charge on any atom is 0.295 e. The van der Waals surface area contributed by atoms with Gasteiger partial charge in [-0.25, -0.2) is 0 Å². The zero-order valence-electron chi connectivity index (χ0n) is 18.4. The topological polar surface area (TPSA) is 89.0 Å². The fraction of sp³-hybridized carbons (Fsp3) is 0.400. The molecule has 2 fully saturated rings. The number of ether oxygens (including phenoxy) is 2. The third-order valence-corrected chi connectivity index (χ3v) is 5.99. The average Bonchev–Trinajstić information content (AvgIpc) is 3.41. The Morgan fingerprint density at radius 1 is 1.09 bits per heavy atom. The van der Waals surface area contributed by atoms with Crippen LogP contribution < -0.4 is 9.47 Å². The van der Waals surface area contributed by atoms with Gasteiger partial charge < -0.3 is 19.5 Å². The van der Waals surface area contributed by atoms with E-state index in [0.717, 1.165) is 25.7 Å². The Bertz CT molecular complexity index is 1030. The monoisotopic (exact) mass is 436 g/mol. The molecule has 4 rings (SSSR count). The fourth-order valence-electron chi connectivity index (χ4n) is 4.61. The summed E-state index contributed by atoms with van der Waals surface area (Å²) in [5.74, 6) is -0.548. The molecule has 1 aliphatic heterocycles. The van der Waals surface area contributed by atoms with Gasteiger partial charge in [-0.1, -0.05) is 18.9 Å². The molecule has 1 saturated heterocycles. The molecule has 7 heteroatoms. The normalized spacial score (nSPS) is 20.7. The van der Waals surface area contributed by atoms with Gasteiger partial charge in [0.2, 0.25) is 0 Å². The van der Waals surface area contributed by atoms with Crippen LogP contribution in [0.2, 0.25) is 0 Å². The second kappa shape index (κ2) is 9.42. The van der Waals surface area contributed by atoms with Crippen molar-refractivity contribution in [3.05, 3.63) is 59.4 Å². The highest BCUT2D eigenvalue weighted by atomic mass is 16.5. The molecule has 1 saturated carbocycles. The minimum Gasteiger partial charge on any atom is -0.507 e. The first-order valence-electron chi connectivity index (χ1n) is 11.2. The highest BCUT2D eigenvalue weighted by Crippen LogP contribution is 2.44. The Hall–Kier alpha value is -3.35. The van der Waals surface area contributed by atoms with Crippen molar-refractivity contribution in [1.29, 1.82) is 0 Å². The van der Waals surface area contributed by atoms with Crippen molar-refractivity contribution in [3.8, 4) is 11.5 Å². The lowest BCUT2D eigenvalue weighted by Crippen LogP contribution is -2.37. The Kier molecular flexibility index (Phi) is 6.44. The minimum absolute atomic E-state index is 0.0459. The summed E-state index contributed by atoms with van der Waals surface area (Å²) in [7, 11) is 0. The molecular weight excluding hydrogens is 408 g/mol. The summed E-state index contributed by atoms with van der Waals surface area (Å²) in [6.45, 7) is 4.58. The first-order valence-corrected chi connectivity index (χ1v) is 11.2. The number of rotatable bonds is 7. The number of aliphatic hydroxyl groups excluding tert-OH is 1. The van der Waals surface area contributed by atoms with Crippen LogP contribution in [0.25, 0.3) is 5.76 Å². The minimum atomic E-state index is -0.736. The van der Waals surface area contributed by atoms with Gasteiger partial charge >= 0.3 is 0 Å². The zero-order valence-corrected chi connectivity index (χ0v) is 18.4. The summed E-state index contributed by atoms with van der Waals surface area (Å²) < 4.78 is 11.3. The summed E-state index contributed by atoms with van der Waals surface area (Å²) in [5, 5.41) is 11.4. The standard InChI is InChI=1S/C25H28N2O5/c1-3-31-17-12-13-18(20(15-17)32-4-2)23(28)21-22(19-11-7-8-14-26-19)27(25(30)24(21)29)16-9-5-6-10-16/h7-8,11-16,22,28H,3-6,9-10H2,1-2H3/b23-21-. The van der Waals surface area contributed by atoms with Crippen molar-refractivity contribution >= 4 is 17.4 Å². The zero-order chi connectivity index (χ0) is 22.7. The number of benzene rings is 1. The predicted molar refractivity (Wildman–Crippen MR) is 119 cm³/mol. The van der Waals surface area contributed by atoms with Gasteiger partial charge in [0.1, 0.15) is 23.3 Å². The number of carbonyl (C=O) groups excluding carboxylic acids is 2.